The molecule has 0 radical (unpaired) electrons. The third kappa shape index (κ3) is 3.43. The summed E-state index contributed by atoms with van der Waals surface area (Å²) in [6.07, 6.45) is -3.23. The summed E-state index contributed by atoms with van der Waals surface area (Å²) in [5.74, 6) is 0.00334. The van der Waals surface area contributed by atoms with Gasteiger partial charge in [-0.3, -0.25) is 4.79 Å². The van der Waals surface area contributed by atoms with Gasteiger partial charge in [-0.05, 0) is 35.9 Å². The van der Waals surface area contributed by atoms with Crippen molar-refractivity contribution in [2.75, 3.05) is 0 Å². The van der Waals surface area contributed by atoms with Crippen LogP contribution in [0, 0.1) is 11.3 Å². The Kier molecular flexibility index (Phi) is 4.11. The molecule has 1 heterocycles. The van der Waals surface area contributed by atoms with Crippen LogP contribution in [0.4, 0.5) is 13.2 Å². The highest BCUT2D eigenvalue weighted by Gasteiger charge is 2.30. The summed E-state index contributed by atoms with van der Waals surface area (Å²) >= 11 is 0. The summed E-state index contributed by atoms with van der Waals surface area (Å²) in [6, 6.07) is 13.0. The van der Waals surface area contributed by atoms with Crippen molar-refractivity contribution < 1.29 is 13.2 Å². The SMILES string of the molecule is N#C/C(=C\c1cccc(C(F)(F)F)c1)c1nc2ccccc2c(=O)[nH]1. The van der Waals surface area contributed by atoms with Crippen LogP contribution in [0.5, 0.6) is 0 Å². The highest BCUT2D eigenvalue weighted by Crippen LogP contribution is 2.30. The number of nitrogens with zero attached hydrogens (tertiary/aromatic N) is 2. The first-order valence-electron chi connectivity index (χ1n) is 7.17. The minimum atomic E-state index is -4.48. The van der Waals surface area contributed by atoms with Crippen molar-refractivity contribution in [3.8, 4) is 6.07 Å². The molecule has 3 rings (SSSR count). The van der Waals surface area contributed by atoms with Gasteiger partial charge in [0.15, 0.2) is 5.82 Å². The molecule has 0 fully saturated rings. The molecule has 0 aliphatic rings. The first kappa shape index (κ1) is 16.5. The molecule has 0 spiro atoms. The summed E-state index contributed by atoms with van der Waals surface area (Å²) in [5.41, 5.74) is -0.708. The molecule has 2 aromatic carbocycles. The van der Waals surface area contributed by atoms with E-state index < -0.39 is 17.3 Å². The number of aromatic amines is 1. The van der Waals surface area contributed by atoms with E-state index in [-0.39, 0.29) is 17.0 Å². The van der Waals surface area contributed by atoms with E-state index in [4.69, 9.17) is 0 Å². The van der Waals surface area contributed by atoms with E-state index in [1.165, 1.54) is 18.2 Å². The minimum absolute atomic E-state index is 0.00334. The zero-order chi connectivity index (χ0) is 18.0. The lowest BCUT2D eigenvalue weighted by Crippen LogP contribution is -2.11. The predicted molar refractivity (Wildman–Crippen MR) is 87.3 cm³/mol. The molecule has 3 aromatic rings. The molecule has 0 unspecified atom stereocenters. The van der Waals surface area contributed by atoms with Gasteiger partial charge in [0.25, 0.3) is 5.56 Å². The molecule has 4 nitrogen and oxygen atoms in total. The van der Waals surface area contributed by atoms with Gasteiger partial charge in [-0.15, -0.1) is 0 Å². The molecule has 0 saturated heterocycles. The largest absolute Gasteiger partial charge is 0.416 e. The maximum Gasteiger partial charge on any atom is 0.416 e. The van der Waals surface area contributed by atoms with E-state index in [0.717, 1.165) is 12.1 Å². The van der Waals surface area contributed by atoms with Gasteiger partial charge in [0.1, 0.15) is 6.07 Å². The van der Waals surface area contributed by atoms with E-state index in [1.54, 1.807) is 24.3 Å². The number of alkyl halides is 3. The van der Waals surface area contributed by atoms with Crippen LogP contribution in [0.1, 0.15) is 17.0 Å². The van der Waals surface area contributed by atoms with E-state index in [2.05, 4.69) is 9.97 Å². The Morgan fingerprint density at radius 2 is 1.92 bits per heavy atom. The molecular weight excluding hydrogens is 331 g/mol. The molecule has 0 bridgehead atoms. The molecule has 0 amide bonds. The summed E-state index contributed by atoms with van der Waals surface area (Å²) in [6.45, 7) is 0. The van der Waals surface area contributed by atoms with Gasteiger partial charge in [-0.25, -0.2) is 4.98 Å². The Hall–Kier alpha value is -3.40. The highest BCUT2D eigenvalue weighted by molar-refractivity contribution is 5.89. The number of fused-ring (bicyclic) bond motifs is 1. The lowest BCUT2D eigenvalue weighted by atomic mass is 10.1. The van der Waals surface area contributed by atoms with Gasteiger partial charge in [0.05, 0.1) is 22.0 Å². The highest BCUT2D eigenvalue weighted by atomic mass is 19.4. The molecule has 25 heavy (non-hydrogen) atoms. The quantitative estimate of drug-likeness (QED) is 0.716. The fourth-order valence-corrected chi connectivity index (χ4v) is 2.34. The van der Waals surface area contributed by atoms with Crippen LogP contribution < -0.4 is 5.56 Å². The number of halogens is 3. The Morgan fingerprint density at radius 1 is 1.16 bits per heavy atom. The van der Waals surface area contributed by atoms with Gasteiger partial charge < -0.3 is 4.98 Å². The lowest BCUT2D eigenvalue weighted by molar-refractivity contribution is -0.137. The third-order valence-electron chi connectivity index (χ3n) is 3.51. The zero-order valence-corrected chi connectivity index (χ0v) is 12.6. The number of para-hydroxylation sites is 1. The number of hydrogen-bond acceptors (Lipinski definition) is 3. The average Bonchev–Trinajstić information content (AvgIpc) is 2.59. The standard InChI is InChI=1S/C18H10F3N3O/c19-18(20,21)13-5-3-4-11(9-13)8-12(10-22)16-23-15-7-2-1-6-14(15)17(25)24-16/h1-9H,(H,23,24,25)/b12-8+. The van der Waals surface area contributed by atoms with Crippen LogP contribution in [0.2, 0.25) is 0 Å². The second kappa shape index (κ2) is 6.24. The van der Waals surface area contributed by atoms with Gasteiger partial charge in [-0.2, -0.15) is 18.4 Å². The summed E-state index contributed by atoms with van der Waals surface area (Å²) in [4.78, 5) is 18.8. The molecule has 0 aliphatic heterocycles. The van der Waals surface area contributed by atoms with Crippen molar-refractivity contribution in [2.24, 2.45) is 0 Å². The summed E-state index contributed by atoms with van der Waals surface area (Å²) in [7, 11) is 0. The number of rotatable bonds is 2. The zero-order valence-electron chi connectivity index (χ0n) is 12.6. The summed E-state index contributed by atoms with van der Waals surface area (Å²) in [5, 5.41) is 9.69. The first-order chi connectivity index (χ1) is 11.9. The van der Waals surface area contributed by atoms with Crippen LogP contribution >= 0.6 is 0 Å². The Morgan fingerprint density at radius 3 is 2.64 bits per heavy atom. The number of nitrogens with one attached hydrogen (secondary N) is 1. The Labute approximate surface area is 139 Å². The van der Waals surface area contributed by atoms with Crippen molar-refractivity contribution in [2.45, 2.75) is 6.18 Å². The van der Waals surface area contributed by atoms with E-state index in [0.29, 0.717) is 10.9 Å². The Bertz CT molecular complexity index is 1080. The topological polar surface area (TPSA) is 69.5 Å². The van der Waals surface area contributed by atoms with Crippen LogP contribution in [-0.4, -0.2) is 9.97 Å². The maximum atomic E-state index is 12.8. The number of hydrogen-bond donors (Lipinski definition) is 1. The van der Waals surface area contributed by atoms with Crippen molar-refractivity contribution in [1.82, 2.24) is 9.97 Å². The number of H-pyrrole nitrogens is 1. The molecule has 0 atom stereocenters. The van der Waals surface area contributed by atoms with Crippen molar-refractivity contribution in [1.29, 1.82) is 5.26 Å². The van der Waals surface area contributed by atoms with Crippen LogP contribution in [-0.2, 0) is 6.18 Å². The predicted octanol–water partition coefficient (Wildman–Crippen LogP) is 4.01. The molecule has 0 aliphatic carbocycles. The van der Waals surface area contributed by atoms with Gasteiger partial charge in [0.2, 0.25) is 0 Å². The van der Waals surface area contributed by atoms with Crippen molar-refractivity contribution in [3.63, 3.8) is 0 Å². The lowest BCUT2D eigenvalue weighted by Gasteiger charge is -2.07. The number of benzene rings is 2. The molecular formula is C18H10F3N3O. The third-order valence-corrected chi connectivity index (χ3v) is 3.51. The van der Waals surface area contributed by atoms with Gasteiger partial charge in [-0.1, -0.05) is 24.3 Å². The molecule has 1 aromatic heterocycles. The first-order valence-corrected chi connectivity index (χ1v) is 7.17. The molecule has 124 valence electrons. The Balaban J connectivity index is 2.11. The van der Waals surface area contributed by atoms with Gasteiger partial charge >= 0.3 is 6.18 Å². The number of nitriles is 1. The van der Waals surface area contributed by atoms with Crippen molar-refractivity contribution in [3.05, 3.63) is 75.8 Å². The second-order valence-electron chi connectivity index (χ2n) is 5.22. The second-order valence-corrected chi connectivity index (χ2v) is 5.22. The molecule has 7 heteroatoms. The number of allylic oxidation sites excluding steroid dienone is 1. The minimum Gasteiger partial charge on any atom is -0.305 e. The average molecular weight is 341 g/mol. The normalized spacial score (nSPS) is 12.2. The van der Waals surface area contributed by atoms with E-state index >= 15 is 0 Å². The maximum absolute atomic E-state index is 12.8. The van der Waals surface area contributed by atoms with Gasteiger partial charge in [0, 0.05) is 0 Å². The fourth-order valence-electron chi connectivity index (χ4n) is 2.34. The monoisotopic (exact) mass is 341 g/mol. The van der Waals surface area contributed by atoms with E-state index in [1.807, 2.05) is 6.07 Å². The van der Waals surface area contributed by atoms with Crippen molar-refractivity contribution >= 4 is 22.6 Å². The fraction of sp³-hybridized carbons (Fsp3) is 0.0556. The van der Waals surface area contributed by atoms with Crippen LogP contribution in [0.25, 0.3) is 22.6 Å². The number of aromatic nitrogens is 2. The van der Waals surface area contributed by atoms with Crippen LogP contribution in [0.3, 0.4) is 0 Å². The molecule has 0 saturated carbocycles. The molecule has 1 N–H and O–H groups in total. The smallest absolute Gasteiger partial charge is 0.305 e. The summed E-state index contributed by atoms with van der Waals surface area (Å²) < 4.78 is 38.4. The van der Waals surface area contributed by atoms with E-state index in [9.17, 15) is 23.2 Å². The van der Waals surface area contributed by atoms with Crippen LogP contribution in [0.15, 0.2) is 53.3 Å².